The summed E-state index contributed by atoms with van der Waals surface area (Å²) in [6, 6.07) is 11.4. The van der Waals surface area contributed by atoms with Crippen molar-refractivity contribution < 1.29 is 9.47 Å². The summed E-state index contributed by atoms with van der Waals surface area (Å²) in [6.45, 7) is 1.36. The van der Waals surface area contributed by atoms with Crippen LogP contribution in [0.2, 0.25) is 0 Å². The predicted molar refractivity (Wildman–Crippen MR) is 96.6 cm³/mol. The van der Waals surface area contributed by atoms with E-state index in [1.165, 1.54) is 7.11 Å². The maximum atomic E-state index is 12.8. The van der Waals surface area contributed by atoms with Crippen LogP contribution in [0.1, 0.15) is 12.8 Å². The number of ether oxygens (including phenoxy) is 2. The first-order valence-corrected chi connectivity index (χ1v) is 8.63. The highest BCUT2D eigenvalue weighted by molar-refractivity contribution is 5.58. The fourth-order valence-corrected chi connectivity index (χ4v) is 3.17. The van der Waals surface area contributed by atoms with Gasteiger partial charge in [-0.25, -0.2) is 4.68 Å². The third-order valence-electron chi connectivity index (χ3n) is 4.45. The van der Waals surface area contributed by atoms with Crippen molar-refractivity contribution in [3.05, 3.63) is 59.0 Å². The van der Waals surface area contributed by atoms with Crippen molar-refractivity contribution in [2.24, 2.45) is 0 Å². The van der Waals surface area contributed by atoms with Crippen LogP contribution in [0.15, 0.2) is 53.6 Å². The third-order valence-corrected chi connectivity index (χ3v) is 4.45. The van der Waals surface area contributed by atoms with Crippen LogP contribution in [0.25, 0.3) is 17.1 Å². The summed E-state index contributed by atoms with van der Waals surface area (Å²) in [6.07, 6.45) is 5.45. The molecule has 1 fully saturated rings. The lowest BCUT2D eigenvalue weighted by atomic mass is 10.2. The van der Waals surface area contributed by atoms with Gasteiger partial charge < -0.3 is 9.47 Å². The Bertz CT molecular complexity index is 943. The summed E-state index contributed by atoms with van der Waals surface area (Å²) >= 11 is 0. The van der Waals surface area contributed by atoms with Crippen LogP contribution in [-0.4, -0.2) is 39.4 Å². The molecule has 0 spiro atoms. The monoisotopic (exact) mass is 352 g/mol. The zero-order valence-electron chi connectivity index (χ0n) is 14.5. The molecule has 1 aromatic carbocycles. The van der Waals surface area contributed by atoms with Gasteiger partial charge >= 0.3 is 0 Å². The molecule has 4 rings (SSSR count). The van der Waals surface area contributed by atoms with E-state index in [0.717, 1.165) is 25.1 Å². The Kier molecular flexibility index (Phi) is 4.53. The Hall–Kier alpha value is -2.93. The van der Waals surface area contributed by atoms with Crippen LogP contribution in [0.3, 0.4) is 0 Å². The SMILES string of the molecule is COc1cn(CC2CCCO2)nc(-c2ccnn2-c2ccccc2)c1=O. The molecular formula is C19H20N4O3. The van der Waals surface area contributed by atoms with Gasteiger partial charge in [0, 0.05) is 6.61 Å². The van der Waals surface area contributed by atoms with E-state index in [9.17, 15) is 4.79 Å². The molecule has 3 aromatic rings. The van der Waals surface area contributed by atoms with Crippen LogP contribution in [0.4, 0.5) is 0 Å². The molecule has 1 unspecified atom stereocenters. The number of rotatable bonds is 5. The molecule has 0 amide bonds. The van der Waals surface area contributed by atoms with Gasteiger partial charge in [0.05, 0.1) is 43.5 Å². The summed E-state index contributed by atoms with van der Waals surface area (Å²) < 4.78 is 14.4. The number of hydrogen-bond acceptors (Lipinski definition) is 5. The lowest BCUT2D eigenvalue weighted by molar-refractivity contribution is 0.0934. The van der Waals surface area contributed by atoms with E-state index in [0.29, 0.717) is 17.9 Å². The van der Waals surface area contributed by atoms with E-state index < -0.39 is 0 Å². The Morgan fingerprint density at radius 3 is 2.85 bits per heavy atom. The Morgan fingerprint density at radius 1 is 1.27 bits per heavy atom. The lowest BCUT2D eigenvalue weighted by Crippen LogP contribution is -2.22. The number of nitrogens with zero attached hydrogens (tertiary/aromatic N) is 4. The first-order valence-electron chi connectivity index (χ1n) is 8.63. The summed E-state index contributed by atoms with van der Waals surface area (Å²) in [5.41, 5.74) is 1.54. The molecule has 1 atom stereocenters. The van der Waals surface area contributed by atoms with Crippen molar-refractivity contribution in [1.29, 1.82) is 0 Å². The molecule has 2 aromatic heterocycles. The second-order valence-electron chi connectivity index (χ2n) is 6.20. The minimum absolute atomic E-state index is 0.113. The summed E-state index contributed by atoms with van der Waals surface area (Å²) in [7, 11) is 1.49. The smallest absolute Gasteiger partial charge is 0.251 e. The highest BCUT2D eigenvalue weighted by Crippen LogP contribution is 2.20. The Labute approximate surface area is 150 Å². The van der Waals surface area contributed by atoms with E-state index in [1.807, 2.05) is 30.3 Å². The molecule has 0 saturated carbocycles. The van der Waals surface area contributed by atoms with Gasteiger partial charge in [0.1, 0.15) is 0 Å². The Morgan fingerprint density at radius 2 is 2.12 bits per heavy atom. The molecule has 0 N–H and O–H groups in total. The summed E-state index contributed by atoms with van der Waals surface area (Å²) in [4.78, 5) is 12.8. The largest absolute Gasteiger partial charge is 0.491 e. The van der Waals surface area contributed by atoms with E-state index in [2.05, 4.69) is 10.2 Å². The molecule has 1 saturated heterocycles. The van der Waals surface area contributed by atoms with Gasteiger partial charge in [-0.2, -0.15) is 10.2 Å². The minimum Gasteiger partial charge on any atom is -0.491 e. The van der Waals surface area contributed by atoms with Crippen molar-refractivity contribution in [1.82, 2.24) is 19.6 Å². The van der Waals surface area contributed by atoms with Crippen LogP contribution in [0, 0.1) is 0 Å². The van der Waals surface area contributed by atoms with Crippen molar-refractivity contribution in [3.8, 4) is 22.8 Å². The average Bonchev–Trinajstić information content (AvgIpc) is 3.35. The normalized spacial score (nSPS) is 16.7. The van der Waals surface area contributed by atoms with Crippen LogP contribution in [0.5, 0.6) is 5.75 Å². The maximum Gasteiger partial charge on any atom is 0.251 e. The summed E-state index contributed by atoms with van der Waals surface area (Å²) in [5.74, 6) is 0.258. The van der Waals surface area contributed by atoms with Crippen molar-refractivity contribution in [3.63, 3.8) is 0 Å². The maximum absolute atomic E-state index is 12.8. The lowest BCUT2D eigenvalue weighted by Gasteiger charge is -2.14. The fraction of sp³-hybridized carbons (Fsp3) is 0.316. The molecule has 7 heteroatoms. The number of aromatic nitrogens is 4. The minimum atomic E-state index is -0.256. The van der Waals surface area contributed by atoms with Gasteiger partial charge in [-0.1, -0.05) is 18.2 Å². The molecule has 134 valence electrons. The zero-order valence-corrected chi connectivity index (χ0v) is 14.5. The molecule has 1 aliphatic heterocycles. The van der Waals surface area contributed by atoms with Crippen LogP contribution < -0.4 is 10.2 Å². The van der Waals surface area contributed by atoms with Gasteiger partial charge in [-0.3, -0.25) is 9.48 Å². The third kappa shape index (κ3) is 3.13. The average molecular weight is 352 g/mol. The molecule has 26 heavy (non-hydrogen) atoms. The number of methoxy groups -OCH3 is 1. The molecule has 7 nitrogen and oxygen atoms in total. The standard InChI is InChI=1S/C19H20N4O3/c1-25-17-13-22(12-15-8-5-11-26-15)21-18(19(17)24)16-9-10-20-23(16)14-6-3-2-4-7-14/h2-4,6-7,9-10,13,15H,5,8,11-12H2,1H3. The molecule has 1 aliphatic rings. The van der Waals surface area contributed by atoms with Crippen LogP contribution in [-0.2, 0) is 11.3 Å². The van der Waals surface area contributed by atoms with E-state index in [-0.39, 0.29) is 17.3 Å². The van der Waals surface area contributed by atoms with Crippen molar-refractivity contribution in [2.75, 3.05) is 13.7 Å². The molecule has 3 heterocycles. The fourth-order valence-electron chi connectivity index (χ4n) is 3.17. The highest BCUT2D eigenvalue weighted by atomic mass is 16.5. The molecule has 0 radical (unpaired) electrons. The van der Waals surface area contributed by atoms with Crippen molar-refractivity contribution >= 4 is 0 Å². The van der Waals surface area contributed by atoms with Gasteiger partial charge in [0.25, 0.3) is 5.43 Å². The van der Waals surface area contributed by atoms with E-state index in [1.54, 1.807) is 27.8 Å². The van der Waals surface area contributed by atoms with Crippen LogP contribution >= 0.6 is 0 Å². The zero-order chi connectivity index (χ0) is 17.9. The summed E-state index contributed by atoms with van der Waals surface area (Å²) in [5, 5.41) is 8.91. The second-order valence-corrected chi connectivity index (χ2v) is 6.20. The number of benzene rings is 1. The molecule has 0 aliphatic carbocycles. The first kappa shape index (κ1) is 16.5. The first-order chi connectivity index (χ1) is 12.8. The van der Waals surface area contributed by atoms with Crippen molar-refractivity contribution in [2.45, 2.75) is 25.5 Å². The topological polar surface area (TPSA) is 71.2 Å². The van der Waals surface area contributed by atoms with E-state index in [4.69, 9.17) is 9.47 Å². The second kappa shape index (κ2) is 7.13. The number of hydrogen-bond donors (Lipinski definition) is 0. The predicted octanol–water partition coefficient (Wildman–Crippen LogP) is 2.28. The number of para-hydroxylation sites is 1. The quantitative estimate of drug-likeness (QED) is 0.704. The molecular weight excluding hydrogens is 332 g/mol. The van der Waals surface area contributed by atoms with Gasteiger partial charge in [-0.05, 0) is 31.0 Å². The van der Waals surface area contributed by atoms with Gasteiger partial charge in [0.2, 0.25) is 0 Å². The van der Waals surface area contributed by atoms with E-state index >= 15 is 0 Å². The molecule has 0 bridgehead atoms. The van der Waals surface area contributed by atoms with Gasteiger partial charge in [0.15, 0.2) is 11.4 Å². The highest BCUT2D eigenvalue weighted by Gasteiger charge is 2.20. The van der Waals surface area contributed by atoms with Gasteiger partial charge in [-0.15, -0.1) is 0 Å². The Balaban J connectivity index is 1.79.